The molecule has 0 saturated carbocycles. The second-order valence-corrected chi connectivity index (χ2v) is 13.0. The average Bonchev–Trinajstić information content (AvgIpc) is 3.44. The topological polar surface area (TPSA) is 51.8 Å². The molecule has 4 aromatic heterocycles. The maximum atomic E-state index is 5.75. The Morgan fingerprint density at radius 1 is 0.841 bits per heavy atom. The van der Waals surface area contributed by atoms with Crippen LogP contribution in [-0.2, 0) is 31.9 Å². The number of pyridine rings is 3. The van der Waals surface area contributed by atoms with Crippen LogP contribution in [0.4, 0.5) is 0 Å². The average molecular weight is 760 g/mol. The van der Waals surface area contributed by atoms with Crippen molar-refractivity contribution in [3.05, 3.63) is 113 Å². The van der Waals surface area contributed by atoms with E-state index in [0.29, 0.717) is 5.92 Å². The van der Waals surface area contributed by atoms with E-state index in [2.05, 4.69) is 121 Å². The number of nitrogens with zero attached hydrogens (tertiary/aromatic N) is 3. The van der Waals surface area contributed by atoms with Gasteiger partial charge in [0.1, 0.15) is 0 Å². The third-order valence-electron chi connectivity index (χ3n) is 7.94. The molecule has 0 aliphatic carbocycles. The molecule has 2 aromatic carbocycles. The van der Waals surface area contributed by atoms with Crippen molar-refractivity contribution in [2.75, 3.05) is 0 Å². The molecule has 6 aromatic rings. The SMILES string of the molecule is CC(C)Cc1ccc2c(-c3cc(C(C)(C)C)ccn3)[c-]c3ccoc3c2n1.Cc1c[c-]c(-c2cc(C)c(C)cn2)cc1C.[Ir]. The van der Waals surface area contributed by atoms with Crippen LogP contribution in [0.15, 0.2) is 71.6 Å². The molecule has 0 fully saturated rings. The quantitative estimate of drug-likeness (QED) is 0.168. The molecule has 6 rings (SSSR count). The third-order valence-corrected chi connectivity index (χ3v) is 7.94. The molecule has 0 amide bonds. The van der Waals surface area contributed by atoms with Gasteiger partial charge in [-0.15, -0.1) is 41.0 Å². The van der Waals surface area contributed by atoms with E-state index in [1.165, 1.54) is 27.8 Å². The molecule has 5 heteroatoms. The molecule has 229 valence electrons. The summed E-state index contributed by atoms with van der Waals surface area (Å²) in [5.41, 5.74) is 13.1. The smallest absolute Gasteiger partial charge is 0.0847 e. The number of hydrogen-bond acceptors (Lipinski definition) is 4. The Bertz CT molecular complexity index is 1860. The third kappa shape index (κ3) is 7.34. The van der Waals surface area contributed by atoms with Gasteiger partial charge in [0.25, 0.3) is 0 Å². The fraction of sp³-hybridized carbons (Fsp3) is 0.308. The zero-order chi connectivity index (χ0) is 30.9. The van der Waals surface area contributed by atoms with Gasteiger partial charge >= 0.3 is 0 Å². The van der Waals surface area contributed by atoms with Crippen LogP contribution < -0.4 is 0 Å². The van der Waals surface area contributed by atoms with Crippen molar-refractivity contribution in [2.45, 2.75) is 74.1 Å². The van der Waals surface area contributed by atoms with Crippen molar-refractivity contribution in [3.8, 4) is 22.5 Å². The summed E-state index contributed by atoms with van der Waals surface area (Å²) >= 11 is 0. The molecule has 0 saturated heterocycles. The summed E-state index contributed by atoms with van der Waals surface area (Å²) in [4.78, 5) is 14.0. The van der Waals surface area contributed by atoms with Crippen LogP contribution >= 0.6 is 0 Å². The van der Waals surface area contributed by atoms with Gasteiger partial charge < -0.3 is 9.40 Å². The number of furan rings is 1. The fourth-order valence-corrected chi connectivity index (χ4v) is 5.03. The summed E-state index contributed by atoms with van der Waals surface area (Å²) < 4.78 is 5.75. The molecule has 0 aliphatic heterocycles. The van der Waals surface area contributed by atoms with Crippen molar-refractivity contribution in [3.63, 3.8) is 0 Å². The Hall–Kier alpha value is -3.66. The fourth-order valence-electron chi connectivity index (χ4n) is 5.03. The molecular formula is C39H41IrN3O-2. The van der Waals surface area contributed by atoms with E-state index >= 15 is 0 Å². The van der Waals surface area contributed by atoms with Gasteiger partial charge in [-0.05, 0) is 60.6 Å². The minimum absolute atomic E-state index is 0. The first kappa shape index (κ1) is 33.2. The van der Waals surface area contributed by atoms with Gasteiger partial charge in [0, 0.05) is 55.7 Å². The van der Waals surface area contributed by atoms with Gasteiger partial charge in [0.05, 0.1) is 5.58 Å². The first-order chi connectivity index (χ1) is 20.4. The zero-order valence-corrected chi connectivity index (χ0v) is 29.6. The second-order valence-electron chi connectivity index (χ2n) is 13.0. The van der Waals surface area contributed by atoms with Crippen LogP contribution in [0.25, 0.3) is 44.4 Å². The van der Waals surface area contributed by atoms with E-state index < -0.39 is 0 Å². The van der Waals surface area contributed by atoms with Gasteiger partial charge in [-0.3, -0.25) is 9.97 Å². The van der Waals surface area contributed by atoms with Crippen LogP contribution in [0, 0.1) is 45.7 Å². The minimum Gasteiger partial charge on any atom is -0.506 e. The maximum Gasteiger partial charge on any atom is 0.0847 e. The summed E-state index contributed by atoms with van der Waals surface area (Å²) in [5, 5.41) is 1.97. The van der Waals surface area contributed by atoms with Crippen LogP contribution in [0.3, 0.4) is 0 Å². The van der Waals surface area contributed by atoms with Gasteiger partial charge in [0.15, 0.2) is 0 Å². The number of rotatable bonds is 4. The second kappa shape index (κ2) is 13.5. The molecule has 0 spiro atoms. The molecule has 0 bridgehead atoms. The molecule has 4 heterocycles. The minimum atomic E-state index is 0. The normalized spacial score (nSPS) is 11.4. The Balaban J connectivity index is 0.000000223. The summed E-state index contributed by atoms with van der Waals surface area (Å²) in [7, 11) is 0. The predicted octanol–water partition coefficient (Wildman–Crippen LogP) is 10.1. The zero-order valence-electron chi connectivity index (χ0n) is 27.2. The Morgan fingerprint density at radius 3 is 2.27 bits per heavy atom. The Morgan fingerprint density at radius 2 is 1.59 bits per heavy atom. The van der Waals surface area contributed by atoms with Crippen molar-refractivity contribution in [1.29, 1.82) is 0 Å². The number of benzene rings is 2. The largest absolute Gasteiger partial charge is 0.506 e. The van der Waals surface area contributed by atoms with E-state index in [1.807, 2.05) is 24.5 Å². The molecule has 1 radical (unpaired) electrons. The molecule has 0 N–H and O–H groups in total. The van der Waals surface area contributed by atoms with Crippen LogP contribution in [0.2, 0.25) is 0 Å². The van der Waals surface area contributed by atoms with Crippen LogP contribution in [0.1, 0.15) is 68.1 Å². The number of fused-ring (bicyclic) bond motifs is 3. The summed E-state index contributed by atoms with van der Waals surface area (Å²) in [6.07, 6.45) is 6.47. The van der Waals surface area contributed by atoms with Gasteiger partial charge in [0.2, 0.25) is 0 Å². The van der Waals surface area contributed by atoms with Crippen molar-refractivity contribution >= 4 is 21.9 Å². The van der Waals surface area contributed by atoms with Gasteiger partial charge in [-0.25, -0.2) is 0 Å². The molecule has 44 heavy (non-hydrogen) atoms. The molecule has 0 unspecified atom stereocenters. The first-order valence-electron chi connectivity index (χ1n) is 15.0. The summed E-state index contributed by atoms with van der Waals surface area (Å²) in [6.45, 7) is 19.5. The van der Waals surface area contributed by atoms with E-state index in [1.54, 1.807) is 6.26 Å². The Labute approximate surface area is 275 Å². The summed E-state index contributed by atoms with van der Waals surface area (Å²) in [5.74, 6) is 0.557. The number of aryl methyl sites for hydroxylation is 4. The van der Waals surface area contributed by atoms with Crippen molar-refractivity contribution in [2.24, 2.45) is 5.92 Å². The van der Waals surface area contributed by atoms with Crippen LogP contribution in [-0.4, -0.2) is 15.0 Å². The Kier molecular flexibility index (Phi) is 10.2. The van der Waals surface area contributed by atoms with Crippen molar-refractivity contribution in [1.82, 2.24) is 15.0 Å². The van der Waals surface area contributed by atoms with Crippen LogP contribution in [0.5, 0.6) is 0 Å². The van der Waals surface area contributed by atoms with E-state index in [0.717, 1.165) is 56.5 Å². The standard InChI is InChI=1S/C24H25N2O.C15H16N.Ir/c1-15(2)12-18-6-7-19-20(13-16-9-11-27-23(16)22(19)26-18)21-14-17(8-10-25-21)24(3,4)5;1-10-5-6-14(7-11(10)2)15-8-12(3)13(4)9-16-15;/h6-11,14-15H,12H2,1-5H3;5,7-9H,1-4H3;/q2*-1;. The molecule has 0 atom stereocenters. The van der Waals surface area contributed by atoms with E-state index in [9.17, 15) is 0 Å². The predicted molar refractivity (Wildman–Crippen MR) is 178 cm³/mol. The van der Waals surface area contributed by atoms with E-state index in [4.69, 9.17) is 9.40 Å². The van der Waals surface area contributed by atoms with Gasteiger partial charge in [-0.1, -0.05) is 94.6 Å². The molecule has 0 aliphatic rings. The monoisotopic (exact) mass is 760 g/mol. The van der Waals surface area contributed by atoms with E-state index in [-0.39, 0.29) is 25.5 Å². The van der Waals surface area contributed by atoms with Crippen molar-refractivity contribution < 1.29 is 24.5 Å². The molecular weight excluding hydrogens is 719 g/mol. The first-order valence-corrected chi connectivity index (χ1v) is 15.0. The van der Waals surface area contributed by atoms with Gasteiger partial charge in [-0.2, -0.15) is 0 Å². The summed E-state index contributed by atoms with van der Waals surface area (Å²) in [6, 6.07) is 23.5. The molecule has 4 nitrogen and oxygen atoms in total. The number of aromatic nitrogens is 3. The number of hydrogen-bond donors (Lipinski definition) is 0. The maximum absolute atomic E-state index is 5.75.